The summed E-state index contributed by atoms with van der Waals surface area (Å²) in [5, 5.41) is 5.14. The van der Waals surface area contributed by atoms with Crippen molar-refractivity contribution in [2.24, 2.45) is 0 Å². The third-order valence-corrected chi connectivity index (χ3v) is 5.24. The van der Waals surface area contributed by atoms with Crippen LogP contribution in [0.25, 0.3) is 0 Å². The fourth-order valence-electron chi connectivity index (χ4n) is 3.12. The van der Waals surface area contributed by atoms with Crippen molar-refractivity contribution in [2.75, 3.05) is 11.9 Å². The number of hydrogen-bond donors (Lipinski definition) is 1. The third-order valence-electron chi connectivity index (χ3n) is 4.48. The van der Waals surface area contributed by atoms with E-state index in [9.17, 15) is 18.0 Å². The molecule has 0 fully saturated rings. The SMILES string of the molecule is O=C(c1csc(Nc2ccc(OC(F)(F)F)cc2)n1)N1CCc2ccccc2C1. The largest absolute Gasteiger partial charge is 0.573 e. The Labute approximate surface area is 168 Å². The van der Waals surface area contributed by atoms with Crippen molar-refractivity contribution in [2.45, 2.75) is 19.3 Å². The van der Waals surface area contributed by atoms with Crippen LogP contribution in [-0.2, 0) is 13.0 Å². The van der Waals surface area contributed by atoms with Crippen molar-refractivity contribution < 1.29 is 22.7 Å². The van der Waals surface area contributed by atoms with Crippen molar-refractivity contribution in [3.05, 3.63) is 70.7 Å². The lowest BCUT2D eigenvalue weighted by Gasteiger charge is -2.28. The highest BCUT2D eigenvalue weighted by Gasteiger charge is 2.31. The van der Waals surface area contributed by atoms with Gasteiger partial charge in [-0.1, -0.05) is 24.3 Å². The Bertz CT molecular complexity index is 1020. The van der Waals surface area contributed by atoms with Crippen molar-refractivity contribution >= 4 is 28.1 Å². The number of aromatic nitrogens is 1. The first-order valence-corrected chi connectivity index (χ1v) is 9.70. The molecular formula is C20H16F3N3O2S. The zero-order chi connectivity index (χ0) is 20.4. The summed E-state index contributed by atoms with van der Waals surface area (Å²) in [6.07, 6.45) is -3.92. The van der Waals surface area contributed by atoms with Gasteiger partial charge in [-0.25, -0.2) is 4.98 Å². The number of halogens is 3. The van der Waals surface area contributed by atoms with Crippen LogP contribution in [0.2, 0.25) is 0 Å². The van der Waals surface area contributed by atoms with Crippen molar-refractivity contribution in [3.8, 4) is 5.75 Å². The number of rotatable bonds is 4. The first kappa shape index (κ1) is 19.3. The number of amides is 1. The van der Waals surface area contributed by atoms with E-state index in [2.05, 4.69) is 21.1 Å². The van der Waals surface area contributed by atoms with Gasteiger partial charge < -0.3 is 15.0 Å². The number of hydrogen-bond acceptors (Lipinski definition) is 5. The van der Waals surface area contributed by atoms with Crippen molar-refractivity contribution in [1.82, 2.24) is 9.88 Å². The highest BCUT2D eigenvalue weighted by Crippen LogP contribution is 2.27. The quantitative estimate of drug-likeness (QED) is 0.648. The maximum Gasteiger partial charge on any atom is 0.573 e. The summed E-state index contributed by atoms with van der Waals surface area (Å²) in [6.45, 7) is 1.19. The number of anilines is 2. The van der Waals surface area contributed by atoms with Crippen LogP contribution in [0.15, 0.2) is 53.9 Å². The number of carbonyl (C=O) groups is 1. The van der Waals surface area contributed by atoms with Crippen LogP contribution >= 0.6 is 11.3 Å². The van der Waals surface area contributed by atoms with Crippen LogP contribution in [0.3, 0.4) is 0 Å². The second-order valence-corrected chi connectivity index (χ2v) is 7.34. The lowest BCUT2D eigenvalue weighted by molar-refractivity contribution is -0.274. The van der Waals surface area contributed by atoms with Crippen LogP contribution in [0.1, 0.15) is 21.6 Å². The minimum absolute atomic E-state index is 0.141. The fourth-order valence-corrected chi connectivity index (χ4v) is 3.83. The maximum atomic E-state index is 12.8. The average Bonchev–Trinajstić information content (AvgIpc) is 3.16. The first-order chi connectivity index (χ1) is 13.9. The molecule has 1 N–H and O–H groups in total. The normalized spacial score (nSPS) is 13.7. The Morgan fingerprint density at radius 1 is 1.10 bits per heavy atom. The van der Waals surface area contributed by atoms with Gasteiger partial charge in [-0.15, -0.1) is 24.5 Å². The number of carbonyl (C=O) groups excluding carboxylic acids is 1. The summed E-state index contributed by atoms with van der Waals surface area (Å²) >= 11 is 1.26. The lowest BCUT2D eigenvalue weighted by atomic mass is 10.00. The number of nitrogens with zero attached hydrogens (tertiary/aromatic N) is 2. The zero-order valence-corrected chi connectivity index (χ0v) is 15.9. The van der Waals surface area contributed by atoms with Gasteiger partial charge in [0.05, 0.1) is 0 Å². The number of nitrogens with one attached hydrogen (secondary N) is 1. The molecular weight excluding hydrogens is 403 g/mol. The molecule has 0 unspecified atom stereocenters. The summed E-state index contributed by atoms with van der Waals surface area (Å²) in [6, 6.07) is 13.4. The Morgan fingerprint density at radius 3 is 2.55 bits per heavy atom. The molecule has 0 saturated carbocycles. The molecule has 0 bridgehead atoms. The van der Waals surface area contributed by atoms with Crippen LogP contribution in [0, 0.1) is 0 Å². The topological polar surface area (TPSA) is 54.5 Å². The molecule has 1 aliphatic heterocycles. The summed E-state index contributed by atoms with van der Waals surface area (Å²) in [7, 11) is 0. The molecule has 0 aliphatic carbocycles. The summed E-state index contributed by atoms with van der Waals surface area (Å²) in [4.78, 5) is 18.9. The second kappa shape index (κ2) is 7.75. The van der Waals surface area contributed by atoms with E-state index < -0.39 is 6.36 Å². The van der Waals surface area contributed by atoms with Gasteiger partial charge in [-0.3, -0.25) is 4.79 Å². The molecule has 0 spiro atoms. The Morgan fingerprint density at radius 2 is 1.83 bits per heavy atom. The lowest BCUT2D eigenvalue weighted by Crippen LogP contribution is -2.36. The molecule has 9 heteroatoms. The van der Waals surface area contributed by atoms with Crippen molar-refractivity contribution in [3.63, 3.8) is 0 Å². The van der Waals surface area contributed by atoms with E-state index in [0.717, 1.165) is 12.0 Å². The average molecular weight is 419 g/mol. The van der Waals surface area contributed by atoms with E-state index >= 15 is 0 Å². The highest BCUT2D eigenvalue weighted by molar-refractivity contribution is 7.14. The molecule has 0 saturated heterocycles. The van der Waals surface area contributed by atoms with E-state index in [1.165, 1.54) is 41.2 Å². The molecule has 29 heavy (non-hydrogen) atoms. The van der Waals surface area contributed by atoms with Gasteiger partial charge in [-0.2, -0.15) is 0 Å². The van der Waals surface area contributed by atoms with E-state index in [-0.39, 0.29) is 11.7 Å². The number of thiazole rings is 1. The molecule has 4 rings (SSSR count). The van der Waals surface area contributed by atoms with Gasteiger partial charge in [-0.05, 0) is 41.8 Å². The first-order valence-electron chi connectivity index (χ1n) is 8.82. The number of ether oxygens (including phenoxy) is 1. The fraction of sp³-hybridized carbons (Fsp3) is 0.200. The van der Waals surface area contributed by atoms with Crippen molar-refractivity contribution in [1.29, 1.82) is 0 Å². The van der Waals surface area contributed by atoms with Crippen LogP contribution < -0.4 is 10.1 Å². The highest BCUT2D eigenvalue weighted by atomic mass is 32.1. The summed E-state index contributed by atoms with van der Waals surface area (Å²) in [5.74, 6) is -0.443. The third kappa shape index (κ3) is 4.68. The predicted octanol–water partition coefficient (Wildman–Crippen LogP) is 4.98. The standard InChI is InChI=1S/C20H16F3N3O2S/c21-20(22,23)28-16-7-5-15(6-8-16)24-19-25-17(12-29-19)18(27)26-10-9-13-3-1-2-4-14(13)11-26/h1-8,12H,9-11H2,(H,24,25). The molecule has 1 amide bonds. The second-order valence-electron chi connectivity index (χ2n) is 6.48. The molecule has 0 radical (unpaired) electrons. The molecule has 2 heterocycles. The minimum Gasteiger partial charge on any atom is -0.406 e. The van der Waals surface area contributed by atoms with E-state index in [1.54, 1.807) is 10.3 Å². The van der Waals surface area contributed by atoms with Crippen LogP contribution in [0.5, 0.6) is 5.75 Å². The summed E-state index contributed by atoms with van der Waals surface area (Å²) < 4.78 is 40.5. The van der Waals surface area contributed by atoms with E-state index in [1.807, 2.05) is 18.2 Å². The molecule has 150 valence electrons. The Balaban J connectivity index is 1.40. The van der Waals surface area contributed by atoms with Crippen LogP contribution in [-0.4, -0.2) is 28.7 Å². The van der Waals surface area contributed by atoms with Crippen LogP contribution in [0.4, 0.5) is 24.0 Å². The number of benzene rings is 2. The van der Waals surface area contributed by atoms with Gasteiger partial charge >= 0.3 is 6.36 Å². The zero-order valence-electron chi connectivity index (χ0n) is 15.1. The predicted molar refractivity (Wildman–Crippen MR) is 103 cm³/mol. The number of fused-ring (bicyclic) bond motifs is 1. The van der Waals surface area contributed by atoms with Gasteiger partial charge in [0.2, 0.25) is 0 Å². The molecule has 0 atom stereocenters. The molecule has 3 aromatic rings. The van der Waals surface area contributed by atoms with E-state index in [4.69, 9.17) is 0 Å². The maximum absolute atomic E-state index is 12.8. The van der Waals surface area contributed by atoms with Gasteiger partial charge in [0.15, 0.2) is 5.13 Å². The smallest absolute Gasteiger partial charge is 0.406 e. The van der Waals surface area contributed by atoms with Gasteiger partial charge in [0.25, 0.3) is 5.91 Å². The minimum atomic E-state index is -4.73. The molecule has 1 aliphatic rings. The molecule has 5 nitrogen and oxygen atoms in total. The Kier molecular flexibility index (Phi) is 5.14. The van der Waals surface area contributed by atoms with Gasteiger partial charge in [0, 0.05) is 24.2 Å². The molecule has 2 aromatic carbocycles. The molecule has 1 aromatic heterocycles. The van der Waals surface area contributed by atoms with E-state index in [0.29, 0.717) is 29.6 Å². The summed E-state index contributed by atoms with van der Waals surface area (Å²) in [5.41, 5.74) is 3.28. The number of alkyl halides is 3. The van der Waals surface area contributed by atoms with Gasteiger partial charge in [0.1, 0.15) is 11.4 Å². The monoisotopic (exact) mass is 419 g/mol. The Hall–Kier alpha value is -3.07.